The quantitative estimate of drug-likeness (QED) is 0.737. The molecule has 3 N–H and O–H groups in total. The van der Waals surface area contributed by atoms with Gasteiger partial charge in [0.05, 0.1) is 6.10 Å². The first-order chi connectivity index (χ1) is 8.66. The molecule has 18 heavy (non-hydrogen) atoms. The third-order valence-corrected chi connectivity index (χ3v) is 3.43. The summed E-state index contributed by atoms with van der Waals surface area (Å²) in [5, 5.41) is 12.2. The van der Waals surface area contributed by atoms with Gasteiger partial charge in [-0.25, -0.2) is 0 Å². The van der Waals surface area contributed by atoms with E-state index >= 15 is 0 Å². The Morgan fingerprint density at radius 2 is 2.11 bits per heavy atom. The average molecular weight is 250 g/mol. The van der Waals surface area contributed by atoms with Gasteiger partial charge in [-0.2, -0.15) is 0 Å². The summed E-state index contributed by atoms with van der Waals surface area (Å²) in [4.78, 5) is 25.7. The molecular formula is C13H18N2O3. The summed E-state index contributed by atoms with van der Waals surface area (Å²) in [5.41, 5.74) is -0.220. The van der Waals surface area contributed by atoms with Crippen molar-refractivity contribution in [3.63, 3.8) is 0 Å². The van der Waals surface area contributed by atoms with Crippen molar-refractivity contribution < 1.29 is 9.90 Å². The number of aromatic amines is 1. The van der Waals surface area contributed by atoms with E-state index in [1.165, 1.54) is 12.3 Å². The molecule has 0 atom stereocenters. The van der Waals surface area contributed by atoms with Crippen LogP contribution < -0.4 is 10.9 Å². The van der Waals surface area contributed by atoms with Crippen molar-refractivity contribution in [2.45, 2.75) is 31.8 Å². The van der Waals surface area contributed by atoms with Crippen LogP contribution in [-0.4, -0.2) is 28.6 Å². The predicted octanol–water partition coefficient (Wildman–Crippen LogP) is 0.656. The minimum absolute atomic E-state index is 0.147. The van der Waals surface area contributed by atoms with Crippen molar-refractivity contribution >= 4 is 5.91 Å². The maximum Gasteiger partial charge on any atom is 0.260 e. The second kappa shape index (κ2) is 5.82. The number of hydrogen-bond donors (Lipinski definition) is 3. The van der Waals surface area contributed by atoms with E-state index in [0.29, 0.717) is 12.5 Å². The summed E-state index contributed by atoms with van der Waals surface area (Å²) >= 11 is 0. The Morgan fingerprint density at radius 1 is 1.39 bits per heavy atom. The van der Waals surface area contributed by atoms with E-state index in [1.807, 2.05) is 0 Å². The molecule has 1 amide bonds. The number of rotatable bonds is 3. The standard InChI is InChI=1S/C13H18N2O3/c16-10-5-3-9(4-6-10)8-15-13(18)11-2-1-7-14-12(11)17/h1-2,7,9-10,16H,3-6,8H2,(H,14,17)(H,15,18). The second-order valence-corrected chi connectivity index (χ2v) is 4.80. The van der Waals surface area contributed by atoms with Gasteiger partial charge in [0.25, 0.3) is 11.5 Å². The zero-order valence-electron chi connectivity index (χ0n) is 10.2. The number of nitrogens with one attached hydrogen (secondary N) is 2. The number of aromatic nitrogens is 1. The average Bonchev–Trinajstić information content (AvgIpc) is 2.38. The number of pyridine rings is 1. The Hall–Kier alpha value is -1.62. The van der Waals surface area contributed by atoms with Gasteiger partial charge in [0, 0.05) is 12.7 Å². The molecule has 1 aromatic heterocycles. The molecule has 0 radical (unpaired) electrons. The molecule has 98 valence electrons. The third-order valence-electron chi connectivity index (χ3n) is 3.43. The van der Waals surface area contributed by atoms with E-state index in [1.54, 1.807) is 6.07 Å². The summed E-state index contributed by atoms with van der Waals surface area (Å²) in [7, 11) is 0. The zero-order valence-corrected chi connectivity index (χ0v) is 10.2. The molecule has 1 aliphatic carbocycles. The molecule has 0 bridgehead atoms. The topological polar surface area (TPSA) is 82.2 Å². The fourth-order valence-electron chi connectivity index (χ4n) is 2.28. The van der Waals surface area contributed by atoms with E-state index in [4.69, 9.17) is 0 Å². The highest BCUT2D eigenvalue weighted by Crippen LogP contribution is 2.23. The van der Waals surface area contributed by atoms with Gasteiger partial charge < -0.3 is 15.4 Å². The van der Waals surface area contributed by atoms with Gasteiger partial charge in [-0.3, -0.25) is 9.59 Å². The first-order valence-corrected chi connectivity index (χ1v) is 6.31. The summed E-state index contributed by atoms with van der Waals surface area (Å²) in [6.45, 7) is 0.569. The molecule has 0 aliphatic heterocycles. The number of carbonyl (C=O) groups excluding carboxylic acids is 1. The van der Waals surface area contributed by atoms with Crippen molar-refractivity contribution in [2.75, 3.05) is 6.54 Å². The Balaban J connectivity index is 1.86. The fraction of sp³-hybridized carbons (Fsp3) is 0.538. The predicted molar refractivity (Wildman–Crippen MR) is 67.4 cm³/mol. The van der Waals surface area contributed by atoms with Gasteiger partial charge >= 0.3 is 0 Å². The first kappa shape index (κ1) is 12.8. The van der Waals surface area contributed by atoms with Crippen LogP contribution in [0.3, 0.4) is 0 Å². The number of aliphatic hydroxyl groups excluding tert-OH is 1. The summed E-state index contributed by atoms with van der Waals surface area (Å²) < 4.78 is 0. The molecule has 1 heterocycles. The van der Waals surface area contributed by atoms with Crippen LogP contribution in [0.15, 0.2) is 23.1 Å². The van der Waals surface area contributed by atoms with Crippen molar-refractivity contribution in [3.05, 3.63) is 34.2 Å². The molecule has 1 aliphatic rings. The van der Waals surface area contributed by atoms with Gasteiger partial charge in [0.1, 0.15) is 5.56 Å². The maximum atomic E-state index is 11.8. The van der Waals surface area contributed by atoms with Crippen LogP contribution in [0, 0.1) is 5.92 Å². The minimum Gasteiger partial charge on any atom is -0.393 e. The summed E-state index contributed by atoms with van der Waals surface area (Å²) in [6, 6.07) is 3.14. The highest BCUT2D eigenvalue weighted by atomic mass is 16.3. The van der Waals surface area contributed by atoms with Crippen LogP contribution in [0.25, 0.3) is 0 Å². The van der Waals surface area contributed by atoms with Crippen LogP contribution in [0.1, 0.15) is 36.0 Å². The number of amides is 1. The smallest absolute Gasteiger partial charge is 0.260 e. The summed E-state index contributed by atoms with van der Waals surface area (Å²) in [6.07, 6.45) is 4.76. The molecule has 1 saturated carbocycles. The van der Waals surface area contributed by atoms with E-state index < -0.39 is 0 Å². The monoisotopic (exact) mass is 250 g/mol. The van der Waals surface area contributed by atoms with Gasteiger partial charge in [0.15, 0.2) is 0 Å². The SMILES string of the molecule is O=C(NCC1CCC(O)CC1)c1ccc[nH]c1=O. The zero-order chi connectivity index (χ0) is 13.0. The van der Waals surface area contributed by atoms with Gasteiger partial charge in [-0.15, -0.1) is 0 Å². The Morgan fingerprint density at radius 3 is 2.78 bits per heavy atom. The molecule has 0 unspecified atom stereocenters. The number of aliphatic hydroxyl groups is 1. The minimum atomic E-state index is -0.367. The lowest BCUT2D eigenvalue weighted by Gasteiger charge is -2.25. The second-order valence-electron chi connectivity index (χ2n) is 4.80. The van der Waals surface area contributed by atoms with Crippen LogP contribution in [-0.2, 0) is 0 Å². The molecule has 5 nitrogen and oxygen atoms in total. The van der Waals surface area contributed by atoms with Crippen LogP contribution >= 0.6 is 0 Å². The van der Waals surface area contributed by atoms with Crippen molar-refractivity contribution in [1.29, 1.82) is 0 Å². The molecule has 0 spiro atoms. The molecule has 0 saturated heterocycles. The van der Waals surface area contributed by atoms with Crippen LogP contribution in [0.2, 0.25) is 0 Å². The van der Waals surface area contributed by atoms with Gasteiger partial charge in [-0.05, 0) is 43.7 Å². The van der Waals surface area contributed by atoms with Crippen molar-refractivity contribution in [2.24, 2.45) is 5.92 Å². The number of carbonyl (C=O) groups is 1. The molecule has 2 rings (SSSR count). The lowest BCUT2D eigenvalue weighted by molar-refractivity contribution is 0.0909. The Labute approximate surface area is 105 Å². The van der Waals surface area contributed by atoms with E-state index in [0.717, 1.165) is 25.7 Å². The van der Waals surface area contributed by atoms with E-state index in [2.05, 4.69) is 10.3 Å². The third kappa shape index (κ3) is 3.20. The van der Waals surface area contributed by atoms with E-state index in [-0.39, 0.29) is 23.1 Å². The summed E-state index contributed by atoms with van der Waals surface area (Å²) in [5.74, 6) is 0.0723. The number of H-pyrrole nitrogens is 1. The highest BCUT2D eigenvalue weighted by molar-refractivity contribution is 5.93. The van der Waals surface area contributed by atoms with Crippen LogP contribution in [0.5, 0.6) is 0 Å². The van der Waals surface area contributed by atoms with Crippen molar-refractivity contribution in [3.8, 4) is 0 Å². The molecule has 0 aromatic carbocycles. The molecule has 1 aromatic rings. The molecule has 1 fully saturated rings. The maximum absolute atomic E-state index is 11.8. The van der Waals surface area contributed by atoms with E-state index in [9.17, 15) is 14.7 Å². The largest absolute Gasteiger partial charge is 0.393 e. The molecule has 5 heteroatoms. The number of hydrogen-bond acceptors (Lipinski definition) is 3. The normalized spacial score (nSPS) is 23.6. The first-order valence-electron chi connectivity index (χ1n) is 6.31. The Bertz CT molecular complexity index is 461. The van der Waals surface area contributed by atoms with Gasteiger partial charge in [-0.1, -0.05) is 0 Å². The fourth-order valence-corrected chi connectivity index (χ4v) is 2.28. The van der Waals surface area contributed by atoms with Crippen molar-refractivity contribution in [1.82, 2.24) is 10.3 Å². The highest BCUT2D eigenvalue weighted by Gasteiger charge is 2.20. The van der Waals surface area contributed by atoms with Crippen LogP contribution in [0.4, 0.5) is 0 Å². The molecular weight excluding hydrogens is 232 g/mol. The van der Waals surface area contributed by atoms with Gasteiger partial charge in [0.2, 0.25) is 0 Å². The lowest BCUT2D eigenvalue weighted by Crippen LogP contribution is -2.34. The lowest BCUT2D eigenvalue weighted by atomic mass is 9.87. The Kier molecular flexibility index (Phi) is 4.15.